The fourth-order valence-corrected chi connectivity index (χ4v) is 2.85. The molecular weight excluding hydrogens is 392 g/mol. The fourth-order valence-electron chi connectivity index (χ4n) is 2.26. The van der Waals surface area contributed by atoms with Gasteiger partial charge in [0, 0.05) is 29.2 Å². The van der Waals surface area contributed by atoms with Crippen molar-refractivity contribution < 1.29 is 33.6 Å². The van der Waals surface area contributed by atoms with Crippen LogP contribution in [0, 0.1) is 0 Å². The summed E-state index contributed by atoms with van der Waals surface area (Å²) in [6.07, 6.45) is 2.18. The molecule has 0 aromatic heterocycles. The van der Waals surface area contributed by atoms with E-state index in [4.69, 9.17) is 16.6 Å². The number of nitrogens with one attached hydrogen (secondary N) is 2. The van der Waals surface area contributed by atoms with Crippen molar-refractivity contribution in [1.29, 1.82) is 0 Å². The third-order valence-electron chi connectivity index (χ3n) is 3.89. The van der Waals surface area contributed by atoms with Crippen LogP contribution in [0.15, 0.2) is 0 Å². The van der Waals surface area contributed by atoms with E-state index in [1.165, 1.54) is 6.26 Å². The minimum absolute atomic E-state index is 0.124. The lowest BCUT2D eigenvalue weighted by atomic mass is 10.1. The Kier molecular flexibility index (Phi) is 13.0. The molecule has 12 heteroatoms. The van der Waals surface area contributed by atoms with Gasteiger partial charge >= 0.3 is 11.9 Å². The largest absolute Gasteiger partial charge is 0.481 e. The van der Waals surface area contributed by atoms with Gasteiger partial charge in [-0.25, -0.2) is 4.79 Å². The van der Waals surface area contributed by atoms with Gasteiger partial charge in [0.05, 0.1) is 6.04 Å². The predicted molar refractivity (Wildman–Crippen MR) is 103 cm³/mol. The number of aliphatic carboxylic acids is 2. The average Bonchev–Trinajstić information content (AvgIpc) is 2.61. The second-order valence-corrected chi connectivity index (χ2v) is 7.90. The number of nitrogens with two attached hydrogens (primary N) is 2. The zero-order chi connectivity index (χ0) is 21.7. The molecule has 4 atom stereocenters. The number of carboxylic acids is 2. The molecular formula is C16H30N4O7S. The molecule has 0 aliphatic heterocycles. The molecule has 0 aliphatic rings. The smallest absolute Gasteiger partial charge is 0.326 e. The summed E-state index contributed by atoms with van der Waals surface area (Å²) in [5.41, 5.74) is 11.1. The van der Waals surface area contributed by atoms with Gasteiger partial charge in [0.25, 0.3) is 0 Å². The molecule has 0 saturated heterocycles. The highest BCUT2D eigenvalue weighted by molar-refractivity contribution is 7.84. The molecule has 2 amide bonds. The Labute approximate surface area is 166 Å². The molecule has 0 aliphatic carbocycles. The zero-order valence-electron chi connectivity index (χ0n) is 15.9. The summed E-state index contributed by atoms with van der Waals surface area (Å²) in [6, 6.07) is -3.46. The monoisotopic (exact) mass is 422 g/mol. The number of hydrogen-bond acceptors (Lipinski definition) is 7. The lowest BCUT2D eigenvalue weighted by molar-refractivity contribution is -0.143. The number of carbonyl (C=O) groups is 4. The van der Waals surface area contributed by atoms with Crippen LogP contribution in [0.25, 0.3) is 0 Å². The fraction of sp³-hybridized carbons (Fsp3) is 0.750. The van der Waals surface area contributed by atoms with Crippen molar-refractivity contribution in [2.75, 3.05) is 18.6 Å². The van der Waals surface area contributed by atoms with Gasteiger partial charge in [0.1, 0.15) is 12.1 Å². The molecule has 0 aromatic rings. The number of hydrogen-bond donors (Lipinski definition) is 6. The number of carbonyl (C=O) groups excluding carboxylic acids is 2. The van der Waals surface area contributed by atoms with Crippen molar-refractivity contribution in [1.82, 2.24) is 10.6 Å². The minimum Gasteiger partial charge on any atom is -0.481 e. The van der Waals surface area contributed by atoms with Crippen LogP contribution in [0.5, 0.6) is 0 Å². The van der Waals surface area contributed by atoms with Gasteiger partial charge < -0.3 is 32.3 Å². The highest BCUT2D eigenvalue weighted by Crippen LogP contribution is 2.05. The Morgan fingerprint density at radius 3 is 2.07 bits per heavy atom. The molecule has 0 rings (SSSR count). The number of carboxylic acid groups (broad SMARTS) is 2. The minimum atomic E-state index is -1.25. The lowest BCUT2D eigenvalue weighted by Gasteiger charge is -2.22. The molecule has 0 saturated carbocycles. The molecule has 4 unspecified atom stereocenters. The van der Waals surface area contributed by atoms with Crippen molar-refractivity contribution in [3.63, 3.8) is 0 Å². The Morgan fingerprint density at radius 1 is 0.964 bits per heavy atom. The maximum absolute atomic E-state index is 12.4. The van der Waals surface area contributed by atoms with E-state index in [0.29, 0.717) is 19.4 Å². The Hall–Kier alpha value is -2.05. The molecule has 0 heterocycles. The first-order chi connectivity index (χ1) is 13.1. The van der Waals surface area contributed by atoms with Crippen molar-refractivity contribution in [3.05, 3.63) is 0 Å². The van der Waals surface area contributed by atoms with E-state index in [-0.39, 0.29) is 25.0 Å². The van der Waals surface area contributed by atoms with E-state index in [1.807, 2.05) is 0 Å². The maximum atomic E-state index is 12.4. The van der Waals surface area contributed by atoms with E-state index in [1.54, 1.807) is 0 Å². The first-order valence-corrected chi connectivity index (χ1v) is 10.6. The van der Waals surface area contributed by atoms with Crippen molar-refractivity contribution >= 4 is 34.6 Å². The van der Waals surface area contributed by atoms with E-state index in [9.17, 15) is 28.5 Å². The third-order valence-corrected chi connectivity index (χ3v) is 4.71. The Morgan fingerprint density at radius 2 is 1.57 bits per heavy atom. The van der Waals surface area contributed by atoms with Crippen LogP contribution < -0.4 is 22.1 Å². The van der Waals surface area contributed by atoms with Crippen LogP contribution in [0.3, 0.4) is 0 Å². The molecule has 0 spiro atoms. The molecule has 0 fully saturated rings. The highest BCUT2D eigenvalue weighted by Gasteiger charge is 2.28. The summed E-state index contributed by atoms with van der Waals surface area (Å²) < 4.78 is 11.1. The van der Waals surface area contributed by atoms with Gasteiger partial charge in [-0.3, -0.25) is 18.6 Å². The second-order valence-electron chi connectivity index (χ2n) is 6.35. The molecule has 8 N–H and O–H groups in total. The summed E-state index contributed by atoms with van der Waals surface area (Å²) >= 11 is 0. The molecule has 28 heavy (non-hydrogen) atoms. The van der Waals surface area contributed by atoms with Crippen LogP contribution in [-0.2, 0) is 30.0 Å². The topological polar surface area (TPSA) is 202 Å². The summed E-state index contributed by atoms with van der Waals surface area (Å²) in [6.45, 7) is 0.387. The maximum Gasteiger partial charge on any atom is 0.326 e. The summed E-state index contributed by atoms with van der Waals surface area (Å²) in [5, 5.41) is 22.7. The first kappa shape index (κ1) is 26.0. The molecule has 11 nitrogen and oxygen atoms in total. The second kappa shape index (κ2) is 14.0. The van der Waals surface area contributed by atoms with Crippen LogP contribution in [0.2, 0.25) is 0 Å². The number of amides is 2. The Balaban J connectivity index is 5.01. The summed E-state index contributed by atoms with van der Waals surface area (Å²) in [4.78, 5) is 46.7. The van der Waals surface area contributed by atoms with Crippen molar-refractivity contribution in [2.24, 2.45) is 11.5 Å². The Bertz CT molecular complexity index is 573. The molecule has 0 bridgehead atoms. The van der Waals surface area contributed by atoms with Crippen LogP contribution in [-0.4, -0.2) is 74.9 Å². The average molecular weight is 423 g/mol. The quantitative estimate of drug-likeness (QED) is 0.163. The van der Waals surface area contributed by atoms with Gasteiger partial charge in [0.2, 0.25) is 11.8 Å². The lowest BCUT2D eigenvalue weighted by Crippen LogP contribution is -2.54. The van der Waals surface area contributed by atoms with E-state index in [2.05, 4.69) is 10.6 Å². The summed E-state index contributed by atoms with van der Waals surface area (Å²) in [5.74, 6) is -3.72. The van der Waals surface area contributed by atoms with E-state index >= 15 is 0 Å². The SMILES string of the molecule is CS(=O)CCC(N)C(=O)NC(CCC(=O)O)C(=O)NC(CCCCN)C(=O)O. The summed E-state index contributed by atoms with van der Waals surface area (Å²) in [7, 11) is -1.14. The van der Waals surface area contributed by atoms with E-state index < -0.39 is 59.1 Å². The molecule has 162 valence electrons. The van der Waals surface area contributed by atoms with Gasteiger partial charge in [-0.2, -0.15) is 0 Å². The molecule has 0 aromatic carbocycles. The predicted octanol–water partition coefficient (Wildman–Crippen LogP) is -1.87. The molecule has 0 radical (unpaired) electrons. The number of unbranched alkanes of at least 4 members (excludes halogenated alkanes) is 1. The van der Waals surface area contributed by atoms with Gasteiger partial charge in [-0.05, 0) is 38.6 Å². The van der Waals surface area contributed by atoms with Crippen molar-refractivity contribution in [3.8, 4) is 0 Å². The van der Waals surface area contributed by atoms with Crippen LogP contribution in [0.4, 0.5) is 0 Å². The van der Waals surface area contributed by atoms with Gasteiger partial charge in [-0.15, -0.1) is 0 Å². The number of rotatable bonds is 15. The first-order valence-electron chi connectivity index (χ1n) is 8.89. The van der Waals surface area contributed by atoms with Crippen molar-refractivity contribution in [2.45, 2.75) is 56.7 Å². The van der Waals surface area contributed by atoms with Gasteiger partial charge in [-0.1, -0.05) is 0 Å². The standard InChI is InChI=1S/C16H30N4O7S/c1-28(27)9-7-10(18)14(23)19-11(5-6-13(21)22)15(24)20-12(16(25)26)4-2-3-8-17/h10-12H,2-9,17-18H2,1H3,(H,19,23)(H,20,24)(H,21,22)(H,25,26). The van der Waals surface area contributed by atoms with Crippen LogP contribution in [0.1, 0.15) is 38.5 Å². The highest BCUT2D eigenvalue weighted by atomic mass is 32.2. The third kappa shape index (κ3) is 11.6. The van der Waals surface area contributed by atoms with E-state index in [0.717, 1.165) is 0 Å². The van der Waals surface area contributed by atoms with Crippen LogP contribution >= 0.6 is 0 Å². The zero-order valence-corrected chi connectivity index (χ0v) is 16.7. The van der Waals surface area contributed by atoms with Gasteiger partial charge in [0.15, 0.2) is 0 Å². The normalized spacial score (nSPS) is 15.1.